The van der Waals surface area contributed by atoms with Gasteiger partial charge in [-0.05, 0) is 40.8 Å². The number of aliphatic hydroxyl groups excluding tert-OH is 1. The molecule has 0 radical (unpaired) electrons. The van der Waals surface area contributed by atoms with Crippen LogP contribution in [0.4, 0.5) is 0 Å². The van der Waals surface area contributed by atoms with Gasteiger partial charge in [-0.1, -0.05) is 15.9 Å². The number of carboxylic acids is 1. The molecule has 0 saturated heterocycles. The zero-order chi connectivity index (χ0) is 13.0. The molecule has 0 spiro atoms. The Morgan fingerprint density at radius 2 is 2.12 bits per heavy atom. The van der Waals surface area contributed by atoms with E-state index in [-0.39, 0.29) is 0 Å². The Morgan fingerprint density at radius 3 is 2.65 bits per heavy atom. The van der Waals surface area contributed by atoms with Gasteiger partial charge in [-0.3, -0.25) is 4.79 Å². The second-order valence-corrected chi connectivity index (χ2v) is 5.25. The lowest BCUT2D eigenvalue weighted by Gasteiger charge is -2.12. The van der Waals surface area contributed by atoms with Crippen molar-refractivity contribution in [3.8, 4) is 0 Å². The lowest BCUT2D eigenvalue weighted by molar-refractivity contribution is -0.140. The van der Waals surface area contributed by atoms with Crippen molar-refractivity contribution >= 4 is 50.4 Å². The van der Waals surface area contributed by atoms with Crippen LogP contribution in [0.3, 0.4) is 0 Å². The summed E-state index contributed by atoms with van der Waals surface area (Å²) in [5.74, 6) is -1.80. The van der Waals surface area contributed by atoms with Crippen LogP contribution in [0.2, 0.25) is 0 Å². The van der Waals surface area contributed by atoms with Gasteiger partial charge in [-0.15, -0.1) is 0 Å². The first-order valence-electron chi connectivity index (χ1n) is 4.55. The molecule has 0 aromatic heterocycles. The predicted molar refractivity (Wildman–Crippen MR) is 72.8 cm³/mol. The Balaban J connectivity index is 2.89. The first-order chi connectivity index (χ1) is 7.95. The molecule has 1 amide bonds. The summed E-state index contributed by atoms with van der Waals surface area (Å²) in [6, 6.07) is 3.80. The number of amides is 1. The number of aliphatic hydroxyl groups is 1. The third-order valence-corrected chi connectivity index (χ3v) is 3.39. The molecule has 1 rings (SSSR count). The van der Waals surface area contributed by atoms with Crippen molar-refractivity contribution in [3.05, 3.63) is 31.8 Å². The summed E-state index contributed by atoms with van der Waals surface area (Å²) in [7, 11) is 0. The van der Waals surface area contributed by atoms with Crippen LogP contribution in [0.25, 0.3) is 0 Å². The number of nitrogens with one attached hydrogen (secondary N) is 1. The van der Waals surface area contributed by atoms with Crippen LogP contribution in [0, 0.1) is 3.57 Å². The molecule has 7 heteroatoms. The second-order valence-electron chi connectivity index (χ2n) is 3.17. The minimum atomic E-state index is -1.29. The van der Waals surface area contributed by atoms with Crippen molar-refractivity contribution in [1.29, 1.82) is 0 Å². The van der Waals surface area contributed by atoms with Gasteiger partial charge in [-0.2, -0.15) is 0 Å². The number of hydrogen-bond acceptors (Lipinski definition) is 3. The number of carboxylic acid groups (broad SMARTS) is 1. The van der Waals surface area contributed by atoms with Crippen LogP contribution >= 0.6 is 38.5 Å². The Labute approximate surface area is 119 Å². The van der Waals surface area contributed by atoms with E-state index in [1.54, 1.807) is 18.2 Å². The van der Waals surface area contributed by atoms with Crippen molar-refractivity contribution in [2.75, 3.05) is 6.61 Å². The van der Waals surface area contributed by atoms with Gasteiger partial charge in [0, 0.05) is 8.04 Å². The molecular formula is C10H9BrINO4. The number of carbonyl (C=O) groups is 2. The van der Waals surface area contributed by atoms with Gasteiger partial charge in [0.15, 0.2) is 6.04 Å². The maximum absolute atomic E-state index is 11.8. The number of halogens is 2. The molecular weight excluding hydrogens is 405 g/mol. The van der Waals surface area contributed by atoms with Gasteiger partial charge in [-0.25, -0.2) is 4.79 Å². The second kappa shape index (κ2) is 6.31. The quantitative estimate of drug-likeness (QED) is 0.648. The summed E-state index contributed by atoms with van der Waals surface area (Å²) in [4.78, 5) is 22.4. The molecule has 0 unspecified atom stereocenters. The molecule has 1 atom stereocenters. The molecule has 1 aromatic carbocycles. The Morgan fingerprint density at radius 1 is 1.47 bits per heavy atom. The third-order valence-electron chi connectivity index (χ3n) is 1.96. The molecule has 0 aliphatic carbocycles. The van der Waals surface area contributed by atoms with Crippen LogP contribution in [-0.4, -0.2) is 34.7 Å². The van der Waals surface area contributed by atoms with E-state index in [1.807, 2.05) is 22.6 Å². The summed E-state index contributed by atoms with van der Waals surface area (Å²) in [6.07, 6.45) is 0. The number of rotatable bonds is 4. The zero-order valence-electron chi connectivity index (χ0n) is 8.48. The summed E-state index contributed by atoms with van der Waals surface area (Å²) in [5.41, 5.74) is 0.361. The van der Waals surface area contributed by atoms with Gasteiger partial charge < -0.3 is 15.5 Å². The molecule has 5 nitrogen and oxygen atoms in total. The van der Waals surface area contributed by atoms with Crippen molar-refractivity contribution in [2.24, 2.45) is 0 Å². The van der Waals surface area contributed by atoms with Gasteiger partial charge in [0.1, 0.15) is 0 Å². The van der Waals surface area contributed by atoms with Crippen LogP contribution in [0.5, 0.6) is 0 Å². The summed E-state index contributed by atoms with van der Waals surface area (Å²) >= 11 is 5.20. The largest absolute Gasteiger partial charge is 0.480 e. The predicted octanol–water partition coefficient (Wildman–Crippen LogP) is 1.23. The van der Waals surface area contributed by atoms with E-state index < -0.39 is 24.5 Å². The van der Waals surface area contributed by atoms with Gasteiger partial charge in [0.2, 0.25) is 0 Å². The fourth-order valence-corrected chi connectivity index (χ4v) is 2.03. The average molecular weight is 414 g/mol. The highest BCUT2D eigenvalue weighted by atomic mass is 127. The fraction of sp³-hybridized carbons (Fsp3) is 0.200. The summed E-state index contributed by atoms with van der Waals surface area (Å²) in [5, 5.41) is 19.8. The number of benzene rings is 1. The van der Waals surface area contributed by atoms with Crippen LogP contribution in [-0.2, 0) is 4.79 Å². The molecule has 1 aromatic rings. The Bertz CT molecular complexity index is 452. The highest BCUT2D eigenvalue weighted by Crippen LogP contribution is 2.18. The zero-order valence-corrected chi connectivity index (χ0v) is 12.2. The van der Waals surface area contributed by atoms with Crippen LogP contribution in [0.15, 0.2) is 22.7 Å². The first kappa shape index (κ1) is 14.4. The van der Waals surface area contributed by atoms with Crippen molar-refractivity contribution in [1.82, 2.24) is 5.32 Å². The topological polar surface area (TPSA) is 86.6 Å². The molecule has 0 bridgehead atoms. The van der Waals surface area contributed by atoms with Gasteiger partial charge in [0.25, 0.3) is 5.91 Å². The van der Waals surface area contributed by atoms with Crippen molar-refractivity contribution in [2.45, 2.75) is 6.04 Å². The normalized spacial score (nSPS) is 11.9. The highest BCUT2D eigenvalue weighted by Gasteiger charge is 2.20. The van der Waals surface area contributed by atoms with Gasteiger partial charge >= 0.3 is 5.97 Å². The van der Waals surface area contributed by atoms with E-state index in [1.165, 1.54) is 0 Å². The van der Waals surface area contributed by atoms with E-state index >= 15 is 0 Å². The third kappa shape index (κ3) is 3.93. The number of hydrogen-bond donors (Lipinski definition) is 3. The van der Waals surface area contributed by atoms with E-state index in [0.717, 1.165) is 4.47 Å². The maximum Gasteiger partial charge on any atom is 0.328 e. The van der Waals surface area contributed by atoms with Crippen molar-refractivity contribution < 1.29 is 19.8 Å². The monoisotopic (exact) mass is 413 g/mol. The number of aliphatic carboxylic acids is 1. The molecule has 0 fully saturated rings. The summed E-state index contributed by atoms with van der Waals surface area (Å²) in [6.45, 7) is -0.647. The number of carbonyl (C=O) groups excluding carboxylic acids is 1. The minimum Gasteiger partial charge on any atom is -0.480 e. The van der Waals surface area contributed by atoms with Gasteiger partial charge in [0.05, 0.1) is 12.2 Å². The van der Waals surface area contributed by atoms with Crippen LogP contribution < -0.4 is 5.32 Å². The highest BCUT2D eigenvalue weighted by molar-refractivity contribution is 14.1. The molecule has 3 N–H and O–H groups in total. The van der Waals surface area contributed by atoms with Crippen molar-refractivity contribution in [3.63, 3.8) is 0 Å². The SMILES string of the molecule is O=C(N[C@H](CO)C(=O)O)c1cc(Br)ccc1I. The minimum absolute atomic E-state index is 0.361. The molecule has 0 saturated carbocycles. The lowest BCUT2D eigenvalue weighted by atomic mass is 10.2. The molecule has 0 heterocycles. The molecule has 17 heavy (non-hydrogen) atoms. The molecule has 92 valence electrons. The standard InChI is InChI=1S/C10H9BrINO4/c11-5-1-2-7(12)6(3-5)9(15)13-8(4-14)10(16)17/h1-3,8,14H,4H2,(H,13,15)(H,16,17)/t8-/m1/s1. The lowest BCUT2D eigenvalue weighted by Crippen LogP contribution is -2.43. The Kier molecular flexibility index (Phi) is 5.34. The molecule has 0 aliphatic rings. The fourth-order valence-electron chi connectivity index (χ4n) is 1.09. The maximum atomic E-state index is 11.8. The average Bonchev–Trinajstić information content (AvgIpc) is 2.28. The smallest absolute Gasteiger partial charge is 0.328 e. The Hall–Kier alpha value is -0.670. The summed E-state index contributed by atoms with van der Waals surface area (Å²) < 4.78 is 1.42. The van der Waals surface area contributed by atoms with E-state index in [4.69, 9.17) is 10.2 Å². The van der Waals surface area contributed by atoms with E-state index in [0.29, 0.717) is 9.13 Å². The van der Waals surface area contributed by atoms with E-state index in [2.05, 4.69) is 21.2 Å². The first-order valence-corrected chi connectivity index (χ1v) is 6.42. The molecule has 0 aliphatic heterocycles. The van der Waals surface area contributed by atoms with Crippen LogP contribution in [0.1, 0.15) is 10.4 Å². The van der Waals surface area contributed by atoms with E-state index in [9.17, 15) is 9.59 Å².